The van der Waals surface area contributed by atoms with E-state index in [1.54, 1.807) is 7.11 Å². The van der Waals surface area contributed by atoms with Crippen molar-refractivity contribution in [1.82, 2.24) is 5.32 Å². The van der Waals surface area contributed by atoms with Gasteiger partial charge in [-0.2, -0.15) is 0 Å². The van der Waals surface area contributed by atoms with E-state index >= 15 is 0 Å². The lowest BCUT2D eigenvalue weighted by Gasteiger charge is -2.35. The van der Waals surface area contributed by atoms with E-state index in [9.17, 15) is 4.79 Å². The summed E-state index contributed by atoms with van der Waals surface area (Å²) in [6.07, 6.45) is 3.73. The summed E-state index contributed by atoms with van der Waals surface area (Å²) in [5.41, 5.74) is 7.02. The minimum Gasteiger partial charge on any atom is -0.497 e. The second-order valence-electron chi connectivity index (χ2n) is 5.89. The van der Waals surface area contributed by atoms with Crippen molar-refractivity contribution in [2.45, 2.75) is 44.7 Å². The third-order valence-corrected chi connectivity index (χ3v) is 4.12. The lowest BCUT2D eigenvalue weighted by molar-refractivity contribution is -0.123. The summed E-state index contributed by atoms with van der Waals surface area (Å²) in [4.78, 5) is 14.4. The summed E-state index contributed by atoms with van der Waals surface area (Å²) in [5, 5.41) is 3.09. The summed E-state index contributed by atoms with van der Waals surface area (Å²) in [6.45, 7) is 3.86. The Bertz CT molecular complexity index is 493. The first-order valence-electron chi connectivity index (χ1n) is 8.09. The number of carbonyl (C=O) groups is 1. The molecule has 5 heteroatoms. The average molecular weight is 305 g/mol. The minimum absolute atomic E-state index is 0.0284. The smallest absolute Gasteiger partial charge is 0.237 e. The number of piperidine rings is 1. The van der Waals surface area contributed by atoms with Crippen LogP contribution in [0.1, 0.15) is 32.6 Å². The fourth-order valence-corrected chi connectivity index (χ4v) is 2.89. The lowest BCUT2D eigenvalue weighted by atomic mass is 10.0. The van der Waals surface area contributed by atoms with Crippen molar-refractivity contribution in [3.05, 3.63) is 24.3 Å². The van der Waals surface area contributed by atoms with Gasteiger partial charge < -0.3 is 20.7 Å². The third-order valence-electron chi connectivity index (χ3n) is 4.12. The second-order valence-corrected chi connectivity index (χ2v) is 5.89. The maximum absolute atomic E-state index is 12.1. The molecule has 1 amide bonds. The van der Waals surface area contributed by atoms with Crippen molar-refractivity contribution in [2.24, 2.45) is 5.73 Å². The lowest BCUT2D eigenvalue weighted by Crippen LogP contribution is -2.52. The highest BCUT2D eigenvalue weighted by atomic mass is 16.5. The van der Waals surface area contributed by atoms with Gasteiger partial charge in [-0.3, -0.25) is 4.79 Å². The molecule has 3 N–H and O–H groups in total. The van der Waals surface area contributed by atoms with Gasteiger partial charge in [0.1, 0.15) is 5.75 Å². The average Bonchev–Trinajstić information content (AvgIpc) is 2.55. The molecule has 5 nitrogen and oxygen atoms in total. The third kappa shape index (κ3) is 4.37. The SMILES string of the molecule is CCCC(N)C(=O)NC1CCCN(c2cccc(OC)c2)C1. The molecule has 0 aliphatic carbocycles. The Balaban J connectivity index is 1.95. The highest BCUT2D eigenvalue weighted by Crippen LogP contribution is 2.24. The molecule has 22 heavy (non-hydrogen) atoms. The van der Waals surface area contributed by atoms with E-state index in [-0.39, 0.29) is 11.9 Å². The molecule has 1 aromatic rings. The molecule has 0 aromatic heterocycles. The van der Waals surface area contributed by atoms with Crippen molar-refractivity contribution >= 4 is 11.6 Å². The fourth-order valence-electron chi connectivity index (χ4n) is 2.89. The number of benzene rings is 1. The number of nitrogens with zero attached hydrogens (tertiary/aromatic N) is 1. The normalized spacial score (nSPS) is 19.6. The molecular formula is C17H27N3O2. The van der Waals surface area contributed by atoms with Gasteiger partial charge in [-0.15, -0.1) is 0 Å². The number of nitrogens with two attached hydrogens (primary N) is 1. The van der Waals surface area contributed by atoms with Crippen LogP contribution in [-0.4, -0.2) is 38.2 Å². The molecule has 1 aliphatic heterocycles. The molecule has 0 saturated carbocycles. The topological polar surface area (TPSA) is 67.6 Å². The van der Waals surface area contributed by atoms with Gasteiger partial charge in [0.25, 0.3) is 0 Å². The summed E-state index contributed by atoms with van der Waals surface area (Å²) in [7, 11) is 1.67. The van der Waals surface area contributed by atoms with Crippen LogP contribution >= 0.6 is 0 Å². The van der Waals surface area contributed by atoms with Crippen LogP contribution in [0.2, 0.25) is 0 Å². The molecule has 1 aromatic carbocycles. The molecule has 2 rings (SSSR count). The summed E-state index contributed by atoms with van der Waals surface area (Å²) in [6, 6.07) is 7.82. The summed E-state index contributed by atoms with van der Waals surface area (Å²) >= 11 is 0. The number of hydrogen-bond acceptors (Lipinski definition) is 4. The number of ether oxygens (including phenoxy) is 1. The molecule has 2 unspecified atom stereocenters. The van der Waals surface area contributed by atoms with Crippen molar-refractivity contribution < 1.29 is 9.53 Å². The standard InChI is InChI=1S/C17H27N3O2/c1-3-6-16(18)17(21)19-13-7-5-10-20(12-13)14-8-4-9-15(11-14)22-2/h4,8-9,11,13,16H,3,5-7,10,12,18H2,1-2H3,(H,19,21). The van der Waals surface area contributed by atoms with E-state index in [1.807, 2.05) is 25.1 Å². The van der Waals surface area contributed by atoms with Crippen LogP contribution in [0, 0.1) is 0 Å². The molecule has 1 fully saturated rings. The number of rotatable bonds is 6. The van der Waals surface area contributed by atoms with E-state index in [2.05, 4.69) is 16.3 Å². The molecular weight excluding hydrogens is 278 g/mol. The second kappa shape index (κ2) is 8.03. The largest absolute Gasteiger partial charge is 0.497 e. The molecule has 122 valence electrons. The van der Waals surface area contributed by atoms with Crippen LogP contribution in [0.15, 0.2) is 24.3 Å². The summed E-state index contributed by atoms with van der Waals surface area (Å²) in [5.74, 6) is 0.827. The van der Waals surface area contributed by atoms with Gasteiger partial charge in [0, 0.05) is 30.9 Å². The Hall–Kier alpha value is -1.75. The van der Waals surface area contributed by atoms with Crippen LogP contribution in [0.4, 0.5) is 5.69 Å². The van der Waals surface area contributed by atoms with Gasteiger partial charge >= 0.3 is 0 Å². The quantitative estimate of drug-likeness (QED) is 0.842. The molecule has 1 aliphatic rings. The molecule has 0 radical (unpaired) electrons. The molecule has 0 spiro atoms. The van der Waals surface area contributed by atoms with Crippen LogP contribution < -0.4 is 20.7 Å². The van der Waals surface area contributed by atoms with Gasteiger partial charge in [-0.25, -0.2) is 0 Å². The molecule has 1 heterocycles. The highest BCUT2D eigenvalue weighted by Gasteiger charge is 2.23. The Morgan fingerprint density at radius 2 is 2.36 bits per heavy atom. The fraction of sp³-hybridized carbons (Fsp3) is 0.588. The Morgan fingerprint density at radius 3 is 3.09 bits per heavy atom. The van der Waals surface area contributed by atoms with Crippen LogP contribution in [-0.2, 0) is 4.79 Å². The number of nitrogens with one attached hydrogen (secondary N) is 1. The number of carbonyl (C=O) groups excluding carboxylic acids is 1. The van der Waals surface area contributed by atoms with Gasteiger partial charge in [0.2, 0.25) is 5.91 Å². The zero-order valence-electron chi connectivity index (χ0n) is 13.5. The van der Waals surface area contributed by atoms with E-state index in [0.717, 1.165) is 50.2 Å². The van der Waals surface area contributed by atoms with Gasteiger partial charge in [0.05, 0.1) is 13.2 Å². The van der Waals surface area contributed by atoms with E-state index in [1.165, 1.54) is 0 Å². The first-order chi connectivity index (χ1) is 10.6. The zero-order valence-corrected chi connectivity index (χ0v) is 13.5. The molecule has 1 saturated heterocycles. The molecule has 2 atom stereocenters. The monoisotopic (exact) mass is 305 g/mol. The van der Waals surface area contributed by atoms with Gasteiger partial charge in [0.15, 0.2) is 0 Å². The first kappa shape index (κ1) is 16.6. The highest BCUT2D eigenvalue weighted by molar-refractivity contribution is 5.81. The number of amides is 1. The van der Waals surface area contributed by atoms with Gasteiger partial charge in [-0.05, 0) is 31.4 Å². The number of hydrogen-bond donors (Lipinski definition) is 2. The van der Waals surface area contributed by atoms with E-state index < -0.39 is 6.04 Å². The minimum atomic E-state index is -0.391. The zero-order chi connectivity index (χ0) is 15.9. The van der Waals surface area contributed by atoms with Crippen molar-refractivity contribution in [3.63, 3.8) is 0 Å². The van der Waals surface area contributed by atoms with Crippen LogP contribution in [0.3, 0.4) is 0 Å². The Labute approximate surface area is 132 Å². The number of anilines is 1. The first-order valence-corrected chi connectivity index (χ1v) is 8.09. The predicted octanol–water partition coefficient (Wildman–Crippen LogP) is 1.91. The van der Waals surface area contributed by atoms with Crippen molar-refractivity contribution in [2.75, 3.05) is 25.1 Å². The summed E-state index contributed by atoms with van der Waals surface area (Å²) < 4.78 is 5.28. The van der Waals surface area contributed by atoms with Crippen LogP contribution in [0.5, 0.6) is 5.75 Å². The van der Waals surface area contributed by atoms with E-state index in [0.29, 0.717) is 0 Å². The van der Waals surface area contributed by atoms with Crippen LogP contribution in [0.25, 0.3) is 0 Å². The Kier molecular flexibility index (Phi) is 6.07. The predicted molar refractivity (Wildman–Crippen MR) is 89.3 cm³/mol. The Morgan fingerprint density at radius 1 is 1.55 bits per heavy atom. The van der Waals surface area contributed by atoms with Gasteiger partial charge in [-0.1, -0.05) is 19.4 Å². The van der Waals surface area contributed by atoms with Crippen molar-refractivity contribution in [1.29, 1.82) is 0 Å². The van der Waals surface area contributed by atoms with Crippen molar-refractivity contribution in [3.8, 4) is 5.75 Å². The molecule has 0 bridgehead atoms. The van der Waals surface area contributed by atoms with E-state index in [4.69, 9.17) is 10.5 Å². The maximum atomic E-state index is 12.1. The number of methoxy groups -OCH3 is 1. The maximum Gasteiger partial charge on any atom is 0.237 e.